The maximum atomic E-state index is 14.9. The van der Waals surface area contributed by atoms with E-state index < -0.39 is 0 Å². The number of rotatable bonds is 9. The van der Waals surface area contributed by atoms with E-state index in [-0.39, 0.29) is 87.5 Å². The van der Waals surface area contributed by atoms with Gasteiger partial charge in [0.25, 0.3) is 0 Å². The highest BCUT2D eigenvalue weighted by Gasteiger charge is 2.21. The van der Waals surface area contributed by atoms with Crippen molar-refractivity contribution in [2.75, 3.05) is 6.61 Å². The van der Waals surface area contributed by atoms with Gasteiger partial charge in [0.1, 0.15) is 23.9 Å². The van der Waals surface area contributed by atoms with E-state index in [0.717, 1.165) is 22.3 Å². The Hall–Kier alpha value is -2.66. The number of hydrogen-bond donors (Lipinski definition) is 1. The zero-order valence-corrected chi connectivity index (χ0v) is 20.6. The maximum absolute atomic E-state index is 14.9. The lowest BCUT2D eigenvalue weighted by molar-refractivity contribution is 0.0386. The molecule has 0 aliphatic carbocycles. The first-order valence-electron chi connectivity index (χ1n) is 11.2. The summed E-state index contributed by atoms with van der Waals surface area (Å²) < 4.78 is 14.9. The first-order valence-corrected chi connectivity index (χ1v) is 11.2. The molecule has 5 heteroatoms. The second kappa shape index (κ2) is 11.3. The van der Waals surface area contributed by atoms with Crippen molar-refractivity contribution in [3.05, 3.63) is 70.0 Å². The van der Waals surface area contributed by atoms with E-state index in [0.29, 0.717) is 30.0 Å². The summed E-state index contributed by atoms with van der Waals surface area (Å²) >= 11 is 0. The fourth-order valence-electron chi connectivity index (χ4n) is 4.08. The van der Waals surface area contributed by atoms with Gasteiger partial charge >= 0.3 is 0 Å². The summed E-state index contributed by atoms with van der Waals surface area (Å²) in [7, 11) is 0. The molecule has 0 spiro atoms. The number of phenolic OH excluding ortho intramolecular Hbond substituents is 1. The monoisotopic (exact) mass is 539 g/mol. The van der Waals surface area contributed by atoms with E-state index in [2.05, 4.69) is 44.7 Å². The zero-order valence-electron chi connectivity index (χ0n) is 20.6. The molecular formula is C27H135FN2O2. The Morgan fingerprint density at radius 3 is 2.25 bits per heavy atom. The molecule has 0 aliphatic heterocycles. The third kappa shape index (κ3) is 6.67. The summed E-state index contributed by atoms with van der Waals surface area (Å²) in [6, 6.07) is 9.40. The molecule has 0 amide bonds. The Bertz CT molecular complexity index is 1050. The highest BCUT2D eigenvalue weighted by Crippen LogP contribution is 2.20. The van der Waals surface area contributed by atoms with Crippen LogP contribution in [0.5, 0.6) is 5.75 Å². The smallest absolute Gasteiger partial charge is 0.133 e. The van der Waals surface area contributed by atoms with Crippen LogP contribution in [0.2, 0.25) is 0 Å². The van der Waals surface area contributed by atoms with Crippen molar-refractivity contribution >= 4 is 11.8 Å². The van der Waals surface area contributed by atoms with Crippen LogP contribution in [-0.4, -0.2) is 40.5 Å². The number of allylic oxidation sites excluding steroid dienone is 1. The molecule has 32 heavy (non-hydrogen) atoms. The fourth-order valence-corrected chi connectivity index (χ4v) is 4.08. The van der Waals surface area contributed by atoms with Crippen molar-refractivity contribution in [2.24, 2.45) is 5.16 Å². The summed E-state index contributed by atoms with van der Waals surface area (Å²) in [5, 5.41) is 14.0. The minimum Gasteiger partial charge on any atom is -0.508 e. The Morgan fingerprint density at radius 1 is 1.03 bits per heavy atom. The first-order chi connectivity index (χ1) is 15.0. The van der Waals surface area contributed by atoms with Crippen LogP contribution in [0.15, 0.2) is 41.6 Å². The molecule has 0 bridgehead atoms. The van der Waals surface area contributed by atoms with Crippen LogP contribution in [0, 0.1) is 26.6 Å². The number of halogens is 1. The zero-order chi connectivity index (χ0) is 24.0. The average molecular weight is 539 g/mol. The van der Waals surface area contributed by atoms with E-state index in [4.69, 9.17) is 4.84 Å². The normalized spacial score (nSPS) is 13.6. The van der Waals surface area contributed by atoms with Crippen LogP contribution in [0.3, 0.4) is 0 Å². The van der Waals surface area contributed by atoms with E-state index >= 15 is 0 Å². The molecule has 0 heterocycles. The van der Waals surface area contributed by atoms with Gasteiger partial charge in [-0.15, -0.1) is 0 Å². The third-order valence-electron chi connectivity index (χ3n) is 5.71. The van der Waals surface area contributed by atoms with Gasteiger partial charge in [-0.2, -0.15) is 0 Å². The Balaban J connectivity index is -0.00000000483. The van der Waals surface area contributed by atoms with Gasteiger partial charge in [0.2, 0.25) is 0 Å². The molecule has 1 atom stereocenters. The van der Waals surface area contributed by atoms with Crippen molar-refractivity contribution in [1.29, 1.82) is 0 Å². The number of aryl methyl sites for hydroxylation is 3. The largest absolute Gasteiger partial charge is 0.508 e. The van der Waals surface area contributed by atoms with Crippen LogP contribution in [0.25, 0.3) is 6.08 Å². The molecule has 2 rings (SSSR count). The van der Waals surface area contributed by atoms with Crippen molar-refractivity contribution < 1.29 is 84.2 Å². The number of phenols is 1. The van der Waals surface area contributed by atoms with Gasteiger partial charge in [-0.3, -0.25) is 4.90 Å². The van der Waals surface area contributed by atoms with Gasteiger partial charge in [-0.05, 0) is 108 Å². The van der Waals surface area contributed by atoms with Gasteiger partial charge in [0.15, 0.2) is 0 Å². The Kier molecular flexibility index (Phi) is 9.02. The van der Waals surface area contributed by atoms with Gasteiger partial charge in [-0.25, -0.2) is 4.39 Å². The Morgan fingerprint density at radius 2 is 1.66 bits per heavy atom. The second-order valence-corrected chi connectivity index (χ2v) is 9.05. The van der Waals surface area contributed by atoms with Gasteiger partial charge < -0.3 is 9.94 Å². The minimum atomic E-state index is -0.332. The maximum Gasteiger partial charge on any atom is 0.133 e. The second-order valence-electron chi connectivity index (χ2n) is 9.05. The summed E-state index contributed by atoms with van der Waals surface area (Å²) in [5.74, 6) is -0.118. The standard InChI is InChI=1S/C27H37FN2O2.49H2/c1-17(2)30(18(3)4)22(8)16-32-29-27(25-14-19(5)20(6)15-26(25)28)12-10-23-9-11-24(31)13-21(23)7;;;;;;;;;;;;;;;;;;;;;;;;;;;;;;;;;;;;;;;;;;;;;;;;;/h9-15,17-18,22,31H,16H2,1-8H3;49*1H/b12-10+,29-27-;;;;;;;;;;;;;;;;;;;;;;;;;;;;;;;;;;;;;;;;;;;;;;;;;. The summed E-state index contributed by atoms with van der Waals surface area (Å²) in [6.45, 7) is 16.9. The molecule has 272 valence electrons. The molecule has 0 aromatic heterocycles. The molecule has 0 saturated carbocycles. The average Bonchev–Trinajstić information content (AvgIpc) is 2.68. The predicted molar refractivity (Wildman–Crippen MR) is 235 cm³/mol. The van der Waals surface area contributed by atoms with Gasteiger partial charge in [0, 0.05) is 93.6 Å². The van der Waals surface area contributed by atoms with E-state index in [9.17, 15) is 9.50 Å². The molecular weight excluding hydrogens is 403 g/mol. The molecule has 0 saturated heterocycles. The van der Waals surface area contributed by atoms with Crippen LogP contribution >= 0.6 is 0 Å². The van der Waals surface area contributed by atoms with Crippen LogP contribution < -0.4 is 0 Å². The van der Waals surface area contributed by atoms with E-state index in [1.54, 1.807) is 24.3 Å². The van der Waals surface area contributed by atoms with E-state index in [1.807, 2.05) is 32.9 Å². The SMILES string of the molecule is Cc1cc(F)c(C(/C=C/c2ccc(O)cc2C)=N\OCC(C)N(C(C)C)C(C)C)cc1C.[HH].[HH].[HH].[HH].[HH].[HH].[HH].[HH].[HH].[HH].[HH].[HH].[HH].[HH].[HH].[HH].[HH].[HH].[HH].[HH].[HH].[HH].[HH].[HH].[HH].[HH].[HH].[HH].[HH].[HH].[HH].[HH].[HH].[HH].[HH].[HH].[HH].[HH].[HH].[HH].[HH].[HH].[HH].[HH].[HH].[HH].[HH].[HH].[HH]. The van der Waals surface area contributed by atoms with Gasteiger partial charge in [-0.1, -0.05) is 17.3 Å². The molecule has 0 radical (unpaired) electrons. The molecule has 1 N–H and O–H groups in total. The lowest BCUT2D eigenvalue weighted by Gasteiger charge is -2.35. The number of benzene rings is 2. The Labute approximate surface area is 265 Å². The molecule has 0 aliphatic rings. The highest BCUT2D eigenvalue weighted by atomic mass is 19.1. The van der Waals surface area contributed by atoms with Crippen molar-refractivity contribution in [3.63, 3.8) is 0 Å². The minimum absolute atomic E-state index is 0. The summed E-state index contributed by atoms with van der Waals surface area (Å²) in [4.78, 5) is 8.11. The van der Waals surface area contributed by atoms with Crippen LogP contribution in [0.4, 0.5) is 4.39 Å². The third-order valence-corrected chi connectivity index (χ3v) is 5.71. The number of aromatic hydroxyl groups is 1. The predicted octanol–water partition coefficient (Wildman–Crippen LogP) is 18.5. The molecule has 1 unspecified atom stereocenters. The highest BCUT2D eigenvalue weighted by molar-refractivity contribution is 6.10. The van der Waals surface area contributed by atoms with Gasteiger partial charge in [0.05, 0.1) is 0 Å². The lowest BCUT2D eigenvalue weighted by Crippen LogP contribution is -2.45. The lowest BCUT2D eigenvalue weighted by atomic mass is 10.0. The van der Waals surface area contributed by atoms with Crippen molar-refractivity contribution in [3.8, 4) is 5.75 Å². The fraction of sp³-hybridized carbons (Fsp3) is 0.444. The summed E-state index contributed by atoms with van der Waals surface area (Å²) in [6.07, 6.45) is 3.63. The molecule has 2 aromatic carbocycles. The van der Waals surface area contributed by atoms with E-state index in [1.165, 1.54) is 6.07 Å². The van der Waals surface area contributed by atoms with Crippen molar-refractivity contribution in [2.45, 2.75) is 73.5 Å². The first kappa shape index (κ1) is 25.6. The molecule has 4 nitrogen and oxygen atoms in total. The molecule has 0 fully saturated rings. The van der Waals surface area contributed by atoms with Crippen LogP contribution in [0.1, 0.15) is 132 Å². The number of hydrogen-bond acceptors (Lipinski definition) is 4. The number of oxime groups is 1. The van der Waals surface area contributed by atoms with Crippen LogP contribution in [-0.2, 0) is 4.84 Å². The molecule has 2 aromatic rings. The topological polar surface area (TPSA) is 45.1 Å². The van der Waals surface area contributed by atoms with Crippen molar-refractivity contribution in [1.82, 2.24) is 4.90 Å². The summed E-state index contributed by atoms with van der Waals surface area (Å²) in [5.41, 5.74) is 4.54. The number of nitrogens with zero attached hydrogens (tertiary/aromatic N) is 2. The quantitative estimate of drug-likeness (QED) is 0.255.